The van der Waals surface area contributed by atoms with Crippen LogP contribution in [0, 0.1) is 0 Å². The third-order valence-corrected chi connectivity index (χ3v) is 2.20. The minimum absolute atomic E-state index is 0.476. The van der Waals surface area contributed by atoms with E-state index in [4.69, 9.17) is 5.11 Å². The number of hydrogen-bond acceptors (Lipinski definition) is 3. The predicted molar refractivity (Wildman–Crippen MR) is 44.4 cm³/mol. The van der Waals surface area contributed by atoms with E-state index in [1.807, 2.05) is 0 Å². The molecule has 0 aromatic rings. The lowest BCUT2D eigenvalue weighted by Crippen LogP contribution is -2.47. The van der Waals surface area contributed by atoms with Gasteiger partial charge in [0.05, 0.1) is 7.11 Å². The molecule has 1 fully saturated rings. The first-order valence-electron chi connectivity index (χ1n) is 4.24. The fraction of sp³-hybridized carbons (Fsp3) is 0.750. The Kier molecular flexibility index (Phi) is 3.11. The van der Waals surface area contributed by atoms with Crippen LogP contribution in [0.1, 0.15) is 19.3 Å². The lowest BCUT2D eigenvalue weighted by atomic mass is 10.0. The summed E-state index contributed by atoms with van der Waals surface area (Å²) < 4.78 is 4.49. The van der Waals surface area contributed by atoms with Gasteiger partial charge in [-0.25, -0.2) is 9.59 Å². The summed E-state index contributed by atoms with van der Waals surface area (Å²) in [7, 11) is 1.26. The van der Waals surface area contributed by atoms with Crippen LogP contribution in [0.3, 0.4) is 0 Å². The van der Waals surface area contributed by atoms with Gasteiger partial charge < -0.3 is 9.84 Å². The quantitative estimate of drug-likeness (QED) is 0.655. The average Bonchev–Trinajstić information content (AvgIpc) is 2.16. The van der Waals surface area contributed by atoms with Crippen LogP contribution in [0.2, 0.25) is 0 Å². The molecule has 0 bridgehead atoms. The Morgan fingerprint density at radius 2 is 2.15 bits per heavy atom. The zero-order chi connectivity index (χ0) is 9.84. The molecule has 5 nitrogen and oxygen atoms in total. The zero-order valence-electron chi connectivity index (χ0n) is 7.52. The van der Waals surface area contributed by atoms with Crippen molar-refractivity contribution in [2.24, 2.45) is 0 Å². The first-order chi connectivity index (χ1) is 6.16. The lowest BCUT2D eigenvalue weighted by molar-refractivity contribution is -0.143. The maximum absolute atomic E-state index is 11.1. The van der Waals surface area contributed by atoms with E-state index >= 15 is 0 Å². The van der Waals surface area contributed by atoms with Crippen LogP contribution in [0.5, 0.6) is 0 Å². The fourth-order valence-electron chi connectivity index (χ4n) is 1.52. The van der Waals surface area contributed by atoms with E-state index in [1.54, 1.807) is 0 Å². The molecule has 0 aromatic heterocycles. The first-order valence-corrected chi connectivity index (χ1v) is 4.24. The number of hydrogen-bond donors (Lipinski definition) is 1. The molecule has 0 aromatic carbocycles. The first kappa shape index (κ1) is 9.83. The van der Waals surface area contributed by atoms with Gasteiger partial charge in [-0.1, -0.05) is 0 Å². The number of carbonyl (C=O) groups is 2. The molecule has 1 saturated heterocycles. The van der Waals surface area contributed by atoms with Crippen molar-refractivity contribution in [1.29, 1.82) is 0 Å². The number of carboxylic acid groups (broad SMARTS) is 1. The molecular formula is C8H13NO4. The van der Waals surface area contributed by atoms with Crippen LogP contribution in [0.25, 0.3) is 0 Å². The van der Waals surface area contributed by atoms with Gasteiger partial charge in [-0.2, -0.15) is 0 Å². The third kappa shape index (κ3) is 2.11. The topological polar surface area (TPSA) is 66.8 Å². The highest BCUT2D eigenvalue weighted by atomic mass is 16.5. The van der Waals surface area contributed by atoms with Gasteiger partial charge in [-0.3, -0.25) is 4.90 Å². The van der Waals surface area contributed by atoms with Crippen molar-refractivity contribution in [3.63, 3.8) is 0 Å². The molecule has 1 aliphatic heterocycles. The molecule has 1 amide bonds. The monoisotopic (exact) mass is 187 g/mol. The van der Waals surface area contributed by atoms with Gasteiger partial charge in [-0.05, 0) is 19.3 Å². The summed E-state index contributed by atoms with van der Waals surface area (Å²) in [4.78, 5) is 23.1. The number of methoxy groups -OCH3 is 1. The zero-order valence-corrected chi connectivity index (χ0v) is 7.52. The predicted octanol–water partition coefficient (Wildman–Crippen LogP) is 0.692. The van der Waals surface area contributed by atoms with Crippen molar-refractivity contribution in [1.82, 2.24) is 4.90 Å². The molecule has 5 heteroatoms. The summed E-state index contributed by atoms with van der Waals surface area (Å²) in [6, 6.07) is -0.707. The molecule has 0 aliphatic carbocycles. The molecule has 1 atom stereocenters. The van der Waals surface area contributed by atoms with E-state index in [9.17, 15) is 9.59 Å². The molecule has 0 unspecified atom stereocenters. The minimum atomic E-state index is -0.954. The Bertz CT molecular complexity index is 216. The van der Waals surface area contributed by atoms with Gasteiger partial charge in [0.25, 0.3) is 0 Å². The van der Waals surface area contributed by atoms with Crippen LogP contribution >= 0.6 is 0 Å². The highest BCUT2D eigenvalue weighted by Crippen LogP contribution is 2.17. The molecule has 1 rings (SSSR count). The van der Waals surface area contributed by atoms with Crippen LogP contribution < -0.4 is 0 Å². The number of nitrogens with zero attached hydrogens (tertiary/aromatic N) is 1. The van der Waals surface area contributed by atoms with E-state index in [1.165, 1.54) is 12.0 Å². The van der Waals surface area contributed by atoms with E-state index in [0.29, 0.717) is 13.0 Å². The summed E-state index contributed by atoms with van der Waals surface area (Å²) in [5.41, 5.74) is 0. The van der Waals surface area contributed by atoms with E-state index in [2.05, 4.69) is 4.74 Å². The number of aliphatic carboxylic acids is 1. The van der Waals surface area contributed by atoms with Gasteiger partial charge in [0.15, 0.2) is 0 Å². The van der Waals surface area contributed by atoms with E-state index < -0.39 is 18.1 Å². The lowest BCUT2D eigenvalue weighted by Gasteiger charge is -2.31. The maximum Gasteiger partial charge on any atom is 0.410 e. The third-order valence-electron chi connectivity index (χ3n) is 2.20. The molecule has 0 saturated carbocycles. The normalized spacial score (nSPS) is 22.5. The Morgan fingerprint density at radius 3 is 2.69 bits per heavy atom. The van der Waals surface area contributed by atoms with Crippen molar-refractivity contribution in [2.75, 3.05) is 13.7 Å². The number of carboxylic acids is 1. The molecule has 0 radical (unpaired) electrons. The SMILES string of the molecule is COC(=O)N1CCCC[C@@H]1C(=O)O. The van der Waals surface area contributed by atoms with E-state index in [-0.39, 0.29) is 0 Å². The van der Waals surface area contributed by atoms with Gasteiger partial charge in [-0.15, -0.1) is 0 Å². The Labute approximate surface area is 76.3 Å². The number of piperidine rings is 1. The number of amides is 1. The highest BCUT2D eigenvalue weighted by molar-refractivity contribution is 5.80. The smallest absolute Gasteiger partial charge is 0.410 e. The Hall–Kier alpha value is -1.26. The van der Waals surface area contributed by atoms with Gasteiger partial charge >= 0.3 is 12.1 Å². The minimum Gasteiger partial charge on any atom is -0.480 e. The van der Waals surface area contributed by atoms with Crippen molar-refractivity contribution in [3.05, 3.63) is 0 Å². The number of likely N-dealkylation sites (tertiary alicyclic amines) is 1. The molecule has 0 spiro atoms. The summed E-state index contributed by atoms with van der Waals surface area (Å²) >= 11 is 0. The van der Waals surface area contributed by atoms with Crippen LogP contribution in [-0.2, 0) is 9.53 Å². The molecule has 74 valence electrons. The van der Waals surface area contributed by atoms with Gasteiger partial charge in [0, 0.05) is 6.54 Å². The fourth-order valence-corrected chi connectivity index (χ4v) is 1.52. The standard InChI is InChI=1S/C8H13NO4/c1-13-8(12)9-5-3-2-4-6(9)7(10)11/h6H,2-5H2,1H3,(H,10,11)/t6-/m1/s1. The Morgan fingerprint density at radius 1 is 1.46 bits per heavy atom. The van der Waals surface area contributed by atoms with Crippen molar-refractivity contribution in [3.8, 4) is 0 Å². The average molecular weight is 187 g/mol. The van der Waals surface area contributed by atoms with Crippen molar-refractivity contribution in [2.45, 2.75) is 25.3 Å². The van der Waals surface area contributed by atoms with Gasteiger partial charge in [0.1, 0.15) is 6.04 Å². The molecule has 1 N–H and O–H groups in total. The summed E-state index contributed by atoms with van der Waals surface area (Å²) in [6.07, 6.45) is 1.67. The largest absolute Gasteiger partial charge is 0.480 e. The second-order valence-corrected chi connectivity index (χ2v) is 3.01. The second-order valence-electron chi connectivity index (χ2n) is 3.01. The molecule has 1 heterocycles. The van der Waals surface area contributed by atoms with Crippen LogP contribution in [-0.4, -0.2) is 41.8 Å². The number of carbonyl (C=O) groups excluding carboxylic acids is 1. The summed E-state index contributed by atoms with van der Waals surface area (Å²) in [5, 5.41) is 8.80. The molecule has 13 heavy (non-hydrogen) atoms. The van der Waals surface area contributed by atoms with Crippen LogP contribution in [0.4, 0.5) is 4.79 Å². The van der Waals surface area contributed by atoms with Crippen molar-refractivity contribution >= 4 is 12.1 Å². The maximum atomic E-state index is 11.1. The number of ether oxygens (including phenoxy) is 1. The summed E-state index contributed by atoms with van der Waals surface area (Å²) in [5.74, 6) is -0.954. The van der Waals surface area contributed by atoms with Gasteiger partial charge in [0.2, 0.25) is 0 Å². The Balaban J connectivity index is 2.67. The van der Waals surface area contributed by atoms with Crippen LogP contribution in [0.15, 0.2) is 0 Å². The molecular weight excluding hydrogens is 174 g/mol. The molecule has 1 aliphatic rings. The highest BCUT2D eigenvalue weighted by Gasteiger charge is 2.32. The van der Waals surface area contributed by atoms with E-state index in [0.717, 1.165) is 12.8 Å². The number of rotatable bonds is 1. The summed E-state index contributed by atoms with van der Waals surface area (Å²) in [6.45, 7) is 0.476. The van der Waals surface area contributed by atoms with Crippen molar-refractivity contribution < 1.29 is 19.4 Å². The second kappa shape index (κ2) is 4.11.